The standard InChI is InChI=1S/C22H40O3/c1-5-6-7-8-10-17(2)19-14-13-18-20(22(19,3)15-23)11-9-12-21(18)25-16-24-4/h13-14,17-21,23H,5-12,15-16H2,1-4H3/t17-,18+,19+,20-,21-,22-/m1/s1. The number of allylic oxidation sites excluding steroid dienone is 1. The summed E-state index contributed by atoms with van der Waals surface area (Å²) in [5, 5.41) is 10.4. The van der Waals surface area contributed by atoms with Crippen molar-refractivity contribution < 1.29 is 14.6 Å². The third-order valence-electron chi connectivity index (χ3n) is 6.91. The van der Waals surface area contributed by atoms with E-state index in [1.807, 2.05) is 0 Å². The molecule has 3 heteroatoms. The molecule has 0 bridgehead atoms. The smallest absolute Gasteiger partial charge is 0.146 e. The first-order valence-electron chi connectivity index (χ1n) is 10.5. The fourth-order valence-electron chi connectivity index (χ4n) is 5.41. The summed E-state index contributed by atoms with van der Waals surface area (Å²) >= 11 is 0. The van der Waals surface area contributed by atoms with Crippen LogP contribution in [0.15, 0.2) is 12.2 Å². The SMILES string of the molecule is CCCCCC[C@@H](C)[C@@H]1C=C[C@H]2[C@@H](CCC[C@H]2OCOC)[C@]1(C)CO. The van der Waals surface area contributed by atoms with E-state index in [1.54, 1.807) is 7.11 Å². The van der Waals surface area contributed by atoms with Crippen molar-refractivity contribution in [2.45, 2.75) is 78.2 Å². The van der Waals surface area contributed by atoms with Gasteiger partial charge >= 0.3 is 0 Å². The molecule has 3 nitrogen and oxygen atoms in total. The fourth-order valence-corrected chi connectivity index (χ4v) is 5.41. The Morgan fingerprint density at radius 1 is 1.20 bits per heavy atom. The highest BCUT2D eigenvalue weighted by molar-refractivity contribution is 5.14. The van der Waals surface area contributed by atoms with E-state index in [0.717, 1.165) is 6.42 Å². The molecule has 1 N–H and O–H groups in total. The molecular formula is C22H40O3. The summed E-state index contributed by atoms with van der Waals surface area (Å²) in [7, 11) is 1.69. The highest BCUT2D eigenvalue weighted by Crippen LogP contribution is 2.53. The van der Waals surface area contributed by atoms with Crippen molar-refractivity contribution in [2.24, 2.45) is 29.1 Å². The van der Waals surface area contributed by atoms with Gasteiger partial charge in [-0.05, 0) is 30.6 Å². The second-order valence-electron chi connectivity index (χ2n) is 8.63. The molecule has 0 radical (unpaired) electrons. The van der Waals surface area contributed by atoms with Crippen molar-refractivity contribution >= 4 is 0 Å². The van der Waals surface area contributed by atoms with Crippen LogP contribution in [0.5, 0.6) is 0 Å². The second-order valence-corrected chi connectivity index (χ2v) is 8.63. The maximum atomic E-state index is 10.4. The lowest BCUT2D eigenvalue weighted by Gasteiger charge is -2.53. The van der Waals surface area contributed by atoms with Crippen molar-refractivity contribution in [1.29, 1.82) is 0 Å². The molecule has 0 aromatic carbocycles. The largest absolute Gasteiger partial charge is 0.396 e. The maximum Gasteiger partial charge on any atom is 0.146 e. The van der Waals surface area contributed by atoms with Gasteiger partial charge in [0.1, 0.15) is 6.79 Å². The Kier molecular flexibility index (Phi) is 8.44. The van der Waals surface area contributed by atoms with Crippen molar-refractivity contribution in [3.63, 3.8) is 0 Å². The quantitative estimate of drug-likeness (QED) is 0.334. The van der Waals surface area contributed by atoms with Gasteiger partial charge < -0.3 is 14.6 Å². The third kappa shape index (κ3) is 4.87. The Morgan fingerprint density at radius 2 is 2.00 bits per heavy atom. The summed E-state index contributed by atoms with van der Waals surface area (Å²) in [6.07, 6.45) is 15.1. The Hall–Kier alpha value is -0.380. The van der Waals surface area contributed by atoms with Crippen LogP contribution >= 0.6 is 0 Å². The Labute approximate surface area is 155 Å². The van der Waals surface area contributed by atoms with E-state index >= 15 is 0 Å². The van der Waals surface area contributed by atoms with Crippen LogP contribution in [-0.4, -0.2) is 31.7 Å². The molecule has 25 heavy (non-hydrogen) atoms. The van der Waals surface area contributed by atoms with Gasteiger partial charge in [-0.1, -0.05) is 71.4 Å². The molecule has 146 valence electrons. The van der Waals surface area contributed by atoms with Gasteiger partial charge in [-0.25, -0.2) is 0 Å². The summed E-state index contributed by atoms with van der Waals surface area (Å²) in [4.78, 5) is 0. The average molecular weight is 353 g/mol. The number of ether oxygens (including phenoxy) is 2. The topological polar surface area (TPSA) is 38.7 Å². The molecule has 0 aromatic rings. The molecule has 0 spiro atoms. The molecule has 2 aliphatic rings. The monoisotopic (exact) mass is 352 g/mol. The molecule has 0 saturated heterocycles. The molecule has 6 atom stereocenters. The zero-order valence-corrected chi connectivity index (χ0v) is 16.9. The lowest BCUT2D eigenvalue weighted by atomic mass is 9.53. The van der Waals surface area contributed by atoms with Gasteiger partial charge in [0.2, 0.25) is 0 Å². The van der Waals surface area contributed by atoms with E-state index in [2.05, 4.69) is 32.9 Å². The van der Waals surface area contributed by atoms with Crippen LogP contribution in [0, 0.1) is 29.1 Å². The van der Waals surface area contributed by atoms with Gasteiger partial charge in [0.05, 0.1) is 6.10 Å². The first kappa shape index (κ1) is 20.9. The van der Waals surface area contributed by atoms with Crippen molar-refractivity contribution in [2.75, 3.05) is 20.5 Å². The number of aliphatic hydroxyl groups excluding tert-OH is 1. The number of methoxy groups -OCH3 is 1. The molecule has 0 heterocycles. The third-order valence-corrected chi connectivity index (χ3v) is 6.91. The molecule has 1 fully saturated rings. The number of rotatable bonds is 10. The highest BCUT2D eigenvalue weighted by Gasteiger charge is 2.50. The summed E-state index contributed by atoms with van der Waals surface area (Å²) in [6.45, 7) is 7.62. The molecule has 0 aromatic heterocycles. The molecule has 1 saturated carbocycles. The van der Waals surface area contributed by atoms with Gasteiger partial charge in [-0.15, -0.1) is 0 Å². The van der Waals surface area contributed by atoms with E-state index in [9.17, 15) is 5.11 Å². The minimum Gasteiger partial charge on any atom is -0.396 e. The molecular weight excluding hydrogens is 312 g/mol. The van der Waals surface area contributed by atoms with Gasteiger partial charge in [0.25, 0.3) is 0 Å². The number of fused-ring (bicyclic) bond motifs is 1. The molecule has 2 rings (SSSR count). The molecule has 0 aliphatic heterocycles. The summed E-state index contributed by atoms with van der Waals surface area (Å²) in [5.41, 5.74) is -0.0291. The highest BCUT2D eigenvalue weighted by atomic mass is 16.7. The van der Waals surface area contributed by atoms with Gasteiger partial charge in [-0.3, -0.25) is 0 Å². The molecule has 0 amide bonds. The van der Waals surface area contributed by atoms with Crippen molar-refractivity contribution in [1.82, 2.24) is 0 Å². The zero-order chi connectivity index (χ0) is 18.3. The number of hydrogen-bond acceptors (Lipinski definition) is 3. The zero-order valence-electron chi connectivity index (χ0n) is 16.9. The normalized spacial score (nSPS) is 36.2. The number of hydrogen-bond donors (Lipinski definition) is 1. The first-order chi connectivity index (χ1) is 12.1. The predicted octanol–water partition coefficient (Wildman–Crippen LogP) is 5.18. The van der Waals surface area contributed by atoms with E-state index in [1.165, 1.54) is 44.9 Å². The van der Waals surface area contributed by atoms with Crippen LogP contribution in [0.25, 0.3) is 0 Å². The Balaban J connectivity index is 2.09. The van der Waals surface area contributed by atoms with Crippen LogP contribution < -0.4 is 0 Å². The number of aliphatic hydroxyl groups is 1. The maximum absolute atomic E-state index is 10.4. The van der Waals surface area contributed by atoms with E-state index in [-0.39, 0.29) is 18.1 Å². The van der Waals surface area contributed by atoms with E-state index < -0.39 is 0 Å². The van der Waals surface area contributed by atoms with Gasteiger partial charge in [-0.2, -0.15) is 0 Å². The van der Waals surface area contributed by atoms with E-state index in [0.29, 0.717) is 30.5 Å². The van der Waals surface area contributed by atoms with Crippen LogP contribution in [0.3, 0.4) is 0 Å². The van der Waals surface area contributed by atoms with Crippen LogP contribution in [0.4, 0.5) is 0 Å². The average Bonchev–Trinajstić information content (AvgIpc) is 2.63. The van der Waals surface area contributed by atoms with Crippen LogP contribution in [0.1, 0.15) is 72.1 Å². The fraction of sp³-hybridized carbons (Fsp3) is 0.909. The second kappa shape index (κ2) is 10.1. The summed E-state index contributed by atoms with van der Waals surface area (Å²) in [5.74, 6) is 2.04. The lowest BCUT2D eigenvalue weighted by Crippen LogP contribution is -2.50. The predicted molar refractivity (Wildman–Crippen MR) is 103 cm³/mol. The minimum atomic E-state index is -0.0291. The van der Waals surface area contributed by atoms with Gasteiger partial charge in [0.15, 0.2) is 0 Å². The molecule has 0 unspecified atom stereocenters. The molecule has 2 aliphatic carbocycles. The van der Waals surface area contributed by atoms with Crippen molar-refractivity contribution in [3.8, 4) is 0 Å². The number of unbranched alkanes of at least 4 members (excludes halogenated alkanes) is 3. The van der Waals surface area contributed by atoms with Gasteiger partial charge in [0, 0.05) is 25.0 Å². The van der Waals surface area contributed by atoms with E-state index in [4.69, 9.17) is 9.47 Å². The lowest BCUT2D eigenvalue weighted by molar-refractivity contribution is -0.130. The Bertz CT molecular complexity index is 408. The summed E-state index contributed by atoms with van der Waals surface area (Å²) in [6, 6.07) is 0. The Morgan fingerprint density at radius 3 is 2.68 bits per heavy atom. The first-order valence-corrected chi connectivity index (χ1v) is 10.5. The van der Waals surface area contributed by atoms with Crippen molar-refractivity contribution in [3.05, 3.63) is 12.2 Å². The summed E-state index contributed by atoms with van der Waals surface area (Å²) < 4.78 is 11.1. The minimum absolute atomic E-state index is 0.0291. The van der Waals surface area contributed by atoms with Crippen LogP contribution in [-0.2, 0) is 9.47 Å². The van der Waals surface area contributed by atoms with Crippen LogP contribution in [0.2, 0.25) is 0 Å².